The molecule has 8 nitrogen and oxygen atoms in total. The van der Waals surface area contributed by atoms with Crippen molar-refractivity contribution in [1.82, 2.24) is 19.4 Å². The Hall–Kier alpha value is -2.78. The second kappa shape index (κ2) is 7.57. The van der Waals surface area contributed by atoms with Gasteiger partial charge in [-0.1, -0.05) is 41.9 Å². The zero-order valence-electron chi connectivity index (χ0n) is 16.4. The van der Waals surface area contributed by atoms with Crippen molar-refractivity contribution in [2.24, 2.45) is 0 Å². The monoisotopic (exact) mass is 413 g/mol. The van der Waals surface area contributed by atoms with E-state index >= 15 is 0 Å². The molecule has 1 aliphatic rings. The predicted molar refractivity (Wildman–Crippen MR) is 108 cm³/mol. The number of hydrogen-bond acceptors (Lipinski definition) is 7. The molecule has 1 aliphatic heterocycles. The first kappa shape index (κ1) is 19.5. The standard InChI is InChI=1S/C20H23N5O3S/c1-13-19(14(2)28-24-13)29(26,27)25-11-7-6-10-17(25)18-16(12-22-20(21)23-18)15-8-4-3-5-9-15/h3-5,8-9,12,17H,6-7,10-11H2,1-2H3,(H2,21,22,23)/t17-/m1/s1. The highest BCUT2D eigenvalue weighted by Gasteiger charge is 2.39. The Kier molecular flexibility index (Phi) is 5.10. The van der Waals surface area contributed by atoms with Crippen molar-refractivity contribution >= 4 is 16.0 Å². The van der Waals surface area contributed by atoms with Gasteiger partial charge in [0.25, 0.3) is 0 Å². The molecular weight excluding hydrogens is 390 g/mol. The van der Waals surface area contributed by atoms with Crippen molar-refractivity contribution < 1.29 is 12.9 Å². The van der Waals surface area contributed by atoms with E-state index in [2.05, 4.69) is 15.1 Å². The van der Waals surface area contributed by atoms with Crippen LogP contribution in [-0.2, 0) is 10.0 Å². The molecule has 1 saturated heterocycles. The van der Waals surface area contributed by atoms with Gasteiger partial charge in [0.1, 0.15) is 10.6 Å². The van der Waals surface area contributed by atoms with Crippen molar-refractivity contribution in [3.8, 4) is 11.1 Å². The highest BCUT2D eigenvalue weighted by Crippen LogP contribution is 2.39. The van der Waals surface area contributed by atoms with Gasteiger partial charge in [-0.25, -0.2) is 18.4 Å². The van der Waals surface area contributed by atoms with Gasteiger partial charge >= 0.3 is 0 Å². The molecule has 1 fully saturated rings. The minimum Gasteiger partial charge on any atom is -0.368 e. The molecule has 3 heterocycles. The predicted octanol–water partition coefficient (Wildman–Crippen LogP) is 3.25. The van der Waals surface area contributed by atoms with Crippen LogP contribution in [0.3, 0.4) is 0 Å². The van der Waals surface area contributed by atoms with Gasteiger partial charge in [0.2, 0.25) is 16.0 Å². The number of rotatable bonds is 4. The largest absolute Gasteiger partial charge is 0.368 e. The second-order valence-corrected chi connectivity index (χ2v) is 9.00. The summed E-state index contributed by atoms with van der Waals surface area (Å²) < 4.78 is 33.8. The first-order valence-electron chi connectivity index (χ1n) is 9.52. The molecular formula is C20H23N5O3S. The number of nitrogens with two attached hydrogens (primary N) is 1. The van der Waals surface area contributed by atoms with Crippen LogP contribution in [0.2, 0.25) is 0 Å². The van der Waals surface area contributed by atoms with Crippen LogP contribution in [0.25, 0.3) is 11.1 Å². The van der Waals surface area contributed by atoms with E-state index in [9.17, 15) is 8.42 Å². The summed E-state index contributed by atoms with van der Waals surface area (Å²) in [6, 6.07) is 9.24. The fourth-order valence-electron chi connectivity index (χ4n) is 3.93. The number of aromatic nitrogens is 3. The number of hydrogen-bond donors (Lipinski definition) is 1. The van der Waals surface area contributed by atoms with Gasteiger partial charge in [-0.3, -0.25) is 0 Å². The molecule has 0 bridgehead atoms. The average molecular weight is 414 g/mol. The van der Waals surface area contributed by atoms with Gasteiger partial charge < -0.3 is 10.3 Å². The Labute approximate surface area is 169 Å². The summed E-state index contributed by atoms with van der Waals surface area (Å²) >= 11 is 0. The summed E-state index contributed by atoms with van der Waals surface area (Å²) in [6.45, 7) is 3.65. The number of nitrogens with zero attached hydrogens (tertiary/aromatic N) is 4. The molecule has 1 aromatic carbocycles. The number of aryl methyl sites for hydroxylation is 2. The van der Waals surface area contributed by atoms with E-state index in [4.69, 9.17) is 10.3 Å². The lowest BCUT2D eigenvalue weighted by Gasteiger charge is -2.35. The maximum Gasteiger partial charge on any atom is 0.249 e. The average Bonchev–Trinajstić information content (AvgIpc) is 3.07. The lowest BCUT2D eigenvalue weighted by atomic mass is 9.95. The fourth-order valence-corrected chi connectivity index (χ4v) is 5.88. The highest BCUT2D eigenvalue weighted by molar-refractivity contribution is 7.89. The van der Waals surface area contributed by atoms with Gasteiger partial charge in [0, 0.05) is 18.3 Å². The number of piperidine rings is 1. The summed E-state index contributed by atoms with van der Waals surface area (Å²) in [6.07, 6.45) is 4.00. The summed E-state index contributed by atoms with van der Waals surface area (Å²) in [5.74, 6) is 0.414. The van der Waals surface area contributed by atoms with E-state index in [1.807, 2.05) is 30.3 Å². The Morgan fingerprint density at radius 2 is 1.93 bits per heavy atom. The van der Waals surface area contributed by atoms with Crippen LogP contribution in [0.4, 0.5) is 5.95 Å². The van der Waals surface area contributed by atoms with Gasteiger partial charge in [-0.05, 0) is 32.3 Å². The Bertz CT molecular complexity index is 1110. The zero-order valence-corrected chi connectivity index (χ0v) is 17.2. The smallest absolute Gasteiger partial charge is 0.249 e. The van der Waals surface area contributed by atoms with Crippen molar-refractivity contribution in [1.29, 1.82) is 0 Å². The van der Waals surface area contributed by atoms with Crippen LogP contribution in [0.1, 0.15) is 42.5 Å². The van der Waals surface area contributed by atoms with Crippen LogP contribution in [0.5, 0.6) is 0 Å². The van der Waals surface area contributed by atoms with E-state index < -0.39 is 16.1 Å². The highest BCUT2D eigenvalue weighted by atomic mass is 32.2. The van der Waals surface area contributed by atoms with Gasteiger partial charge in [-0.15, -0.1) is 0 Å². The number of nitrogen functional groups attached to an aromatic ring is 1. The molecule has 152 valence electrons. The molecule has 2 N–H and O–H groups in total. The van der Waals surface area contributed by atoms with Gasteiger partial charge in [0.15, 0.2) is 5.76 Å². The quantitative estimate of drug-likeness (QED) is 0.698. The first-order chi connectivity index (χ1) is 13.9. The maximum atomic E-state index is 13.6. The Morgan fingerprint density at radius 3 is 2.62 bits per heavy atom. The summed E-state index contributed by atoms with van der Waals surface area (Å²) in [5, 5.41) is 3.83. The van der Waals surface area contributed by atoms with E-state index in [0.717, 1.165) is 24.0 Å². The fraction of sp³-hybridized carbons (Fsp3) is 0.350. The number of sulfonamides is 1. The SMILES string of the molecule is Cc1noc(C)c1S(=O)(=O)N1CCCC[C@@H]1c1nc(N)ncc1-c1ccccc1. The number of benzene rings is 1. The molecule has 0 spiro atoms. The molecule has 0 radical (unpaired) electrons. The second-order valence-electron chi connectivity index (χ2n) is 7.17. The van der Waals surface area contributed by atoms with E-state index in [0.29, 0.717) is 24.4 Å². The molecule has 1 atom stereocenters. The third-order valence-corrected chi connectivity index (χ3v) is 7.38. The van der Waals surface area contributed by atoms with E-state index in [1.165, 1.54) is 4.31 Å². The van der Waals surface area contributed by atoms with Crippen LogP contribution in [0, 0.1) is 13.8 Å². The van der Waals surface area contributed by atoms with Crippen LogP contribution in [0.15, 0.2) is 45.9 Å². The summed E-state index contributed by atoms with van der Waals surface area (Å²) in [4.78, 5) is 8.77. The third kappa shape index (κ3) is 3.51. The van der Waals surface area contributed by atoms with E-state index in [1.54, 1.807) is 20.0 Å². The van der Waals surface area contributed by atoms with Gasteiger partial charge in [0.05, 0.1) is 11.7 Å². The lowest BCUT2D eigenvalue weighted by Crippen LogP contribution is -2.39. The molecule has 0 aliphatic carbocycles. The molecule has 29 heavy (non-hydrogen) atoms. The topological polar surface area (TPSA) is 115 Å². The molecule has 9 heteroatoms. The minimum absolute atomic E-state index is 0.125. The third-order valence-electron chi connectivity index (χ3n) is 5.23. The van der Waals surface area contributed by atoms with Crippen LogP contribution < -0.4 is 5.73 Å². The lowest BCUT2D eigenvalue weighted by molar-refractivity contribution is 0.251. The summed E-state index contributed by atoms with van der Waals surface area (Å²) in [5.41, 5.74) is 8.58. The first-order valence-corrected chi connectivity index (χ1v) is 11.0. The van der Waals surface area contributed by atoms with Crippen LogP contribution >= 0.6 is 0 Å². The molecule has 0 amide bonds. The van der Waals surface area contributed by atoms with Crippen LogP contribution in [-0.4, -0.2) is 34.4 Å². The molecule has 4 rings (SSSR count). The Morgan fingerprint density at radius 1 is 1.17 bits per heavy atom. The normalized spacial score (nSPS) is 18.1. The number of anilines is 1. The van der Waals surface area contributed by atoms with Crippen molar-refractivity contribution in [3.63, 3.8) is 0 Å². The minimum atomic E-state index is -3.81. The van der Waals surface area contributed by atoms with Gasteiger partial charge in [-0.2, -0.15) is 4.31 Å². The van der Waals surface area contributed by atoms with Crippen molar-refractivity contribution in [2.45, 2.75) is 44.0 Å². The maximum absolute atomic E-state index is 13.6. The Balaban J connectivity index is 1.85. The van der Waals surface area contributed by atoms with E-state index in [-0.39, 0.29) is 16.6 Å². The molecule has 0 unspecified atom stereocenters. The van der Waals surface area contributed by atoms with Crippen molar-refractivity contribution in [2.75, 3.05) is 12.3 Å². The zero-order chi connectivity index (χ0) is 20.6. The molecule has 0 saturated carbocycles. The summed E-state index contributed by atoms with van der Waals surface area (Å²) in [7, 11) is -3.81. The molecule has 3 aromatic rings. The van der Waals surface area contributed by atoms with Crippen molar-refractivity contribution in [3.05, 3.63) is 53.7 Å². The molecule has 2 aromatic heterocycles.